The Morgan fingerprint density at radius 2 is 2.43 bits per heavy atom. The van der Waals surface area contributed by atoms with Crippen LogP contribution in [0, 0.1) is 12.8 Å². The van der Waals surface area contributed by atoms with Gasteiger partial charge in [0.25, 0.3) is 0 Å². The molecule has 0 bridgehead atoms. The number of fused-ring (bicyclic) bond motifs is 1. The minimum atomic E-state index is 0.565. The molecule has 3 rings (SSSR count). The molecule has 2 aliphatic heterocycles. The zero-order chi connectivity index (χ0) is 9.54. The third-order valence-corrected chi connectivity index (χ3v) is 3.21. The number of anilines is 1. The van der Waals surface area contributed by atoms with Crippen LogP contribution in [0.15, 0.2) is 4.52 Å². The maximum Gasteiger partial charge on any atom is 0.324 e. The lowest BCUT2D eigenvalue weighted by atomic mass is 10.1. The Hall–Kier alpha value is -1.10. The number of hydrogen-bond acceptors (Lipinski definition) is 5. The Bertz CT molecular complexity index is 337. The van der Waals surface area contributed by atoms with Gasteiger partial charge >= 0.3 is 6.01 Å². The van der Waals surface area contributed by atoms with Crippen LogP contribution in [0.3, 0.4) is 0 Å². The monoisotopic (exact) mass is 194 g/mol. The first-order valence-corrected chi connectivity index (χ1v) is 5.12. The molecule has 2 aliphatic rings. The summed E-state index contributed by atoms with van der Waals surface area (Å²) in [5.74, 6) is 1.48. The number of rotatable bonds is 1. The minimum absolute atomic E-state index is 0.565. The average molecular weight is 194 g/mol. The fourth-order valence-corrected chi connectivity index (χ4v) is 2.49. The molecule has 14 heavy (non-hydrogen) atoms. The number of hydrogen-bond donors (Lipinski definition) is 1. The standard InChI is InChI=1S/C9H14N4O/c1-6-11-9(14-12-6)13-3-2-7-4-10-5-8(7)13/h7-8,10H,2-5H2,1H3/t7-,8+/m0/s1. The summed E-state index contributed by atoms with van der Waals surface area (Å²) in [5.41, 5.74) is 0. The second-order valence-electron chi connectivity index (χ2n) is 4.09. The largest absolute Gasteiger partial charge is 0.324 e. The van der Waals surface area contributed by atoms with Gasteiger partial charge in [-0.3, -0.25) is 0 Å². The molecule has 1 N–H and O–H groups in total. The molecule has 2 fully saturated rings. The highest BCUT2D eigenvalue weighted by Crippen LogP contribution is 2.30. The summed E-state index contributed by atoms with van der Waals surface area (Å²) in [7, 11) is 0. The van der Waals surface area contributed by atoms with Gasteiger partial charge in [0.05, 0.1) is 0 Å². The van der Waals surface area contributed by atoms with Gasteiger partial charge in [-0.05, 0) is 19.3 Å². The quantitative estimate of drug-likeness (QED) is 0.691. The molecule has 2 saturated heterocycles. The van der Waals surface area contributed by atoms with Crippen molar-refractivity contribution in [3.05, 3.63) is 5.82 Å². The maximum atomic E-state index is 5.19. The lowest BCUT2D eigenvalue weighted by molar-refractivity contribution is 0.404. The van der Waals surface area contributed by atoms with E-state index in [0.29, 0.717) is 12.1 Å². The van der Waals surface area contributed by atoms with E-state index in [1.165, 1.54) is 6.42 Å². The summed E-state index contributed by atoms with van der Waals surface area (Å²) < 4.78 is 5.19. The fraction of sp³-hybridized carbons (Fsp3) is 0.778. The molecule has 0 amide bonds. The molecule has 76 valence electrons. The Labute approximate surface area is 82.5 Å². The van der Waals surface area contributed by atoms with Crippen LogP contribution in [0.1, 0.15) is 12.2 Å². The molecular weight excluding hydrogens is 180 g/mol. The maximum absolute atomic E-state index is 5.19. The number of nitrogens with one attached hydrogen (secondary N) is 1. The third-order valence-electron chi connectivity index (χ3n) is 3.21. The molecule has 2 atom stereocenters. The van der Waals surface area contributed by atoms with Crippen LogP contribution < -0.4 is 10.2 Å². The van der Waals surface area contributed by atoms with Gasteiger partial charge in [0.15, 0.2) is 5.82 Å². The second-order valence-corrected chi connectivity index (χ2v) is 4.09. The number of aryl methyl sites for hydroxylation is 1. The molecule has 0 aliphatic carbocycles. The molecule has 1 aromatic rings. The van der Waals surface area contributed by atoms with Crippen LogP contribution in [-0.2, 0) is 0 Å². The van der Waals surface area contributed by atoms with Crippen molar-refractivity contribution in [1.82, 2.24) is 15.5 Å². The van der Waals surface area contributed by atoms with Crippen molar-refractivity contribution < 1.29 is 4.52 Å². The van der Waals surface area contributed by atoms with Crippen molar-refractivity contribution in [2.24, 2.45) is 5.92 Å². The van der Waals surface area contributed by atoms with Gasteiger partial charge in [-0.25, -0.2) is 0 Å². The van der Waals surface area contributed by atoms with Gasteiger partial charge in [-0.15, -0.1) is 0 Å². The molecule has 0 saturated carbocycles. The van der Waals surface area contributed by atoms with Crippen LogP contribution in [0.25, 0.3) is 0 Å². The summed E-state index contributed by atoms with van der Waals surface area (Å²) in [5, 5.41) is 7.23. The smallest absolute Gasteiger partial charge is 0.320 e. The molecule has 5 nitrogen and oxygen atoms in total. The zero-order valence-corrected chi connectivity index (χ0v) is 8.23. The molecule has 0 radical (unpaired) electrons. The normalized spacial score (nSPS) is 31.1. The highest BCUT2D eigenvalue weighted by Gasteiger charge is 2.39. The molecule has 3 heterocycles. The van der Waals surface area contributed by atoms with Gasteiger partial charge < -0.3 is 14.7 Å². The highest BCUT2D eigenvalue weighted by atomic mass is 16.5. The fourth-order valence-electron chi connectivity index (χ4n) is 2.49. The molecule has 0 aromatic carbocycles. The van der Waals surface area contributed by atoms with Gasteiger partial charge in [-0.2, -0.15) is 4.98 Å². The van der Waals surface area contributed by atoms with E-state index in [9.17, 15) is 0 Å². The van der Waals surface area contributed by atoms with E-state index in [0.717, 1.165) is 31.4 Å². The Morgan fingerprint density at radius 1 is 1.50 bits per heavy atom. The summed E-state index contributed by atoms with van der Waals surface area (Å²) in [6.07, 6.45) is 1.24. The summed E-state index contributed by atoms with van der Waals surface area (Å²) in [4.78, 5) is 6.51. The zero-order valence-electron chi connectivity index (χ0n) is 8.23. The van der Waals surface area contributed by atoms with E-state index in [4.69, 9.17) is 4.52 Å². The topological polar surface area (TPSA) is 54.2 Å². The lowest BCUT2D eigenvalue weighted by Gasteiger charge is -2.19. The van der Waals surface area contributed by atoms with Gasteiger partial charge in [0, 0.05) is 25.7 Å². The van der Waals surface area contributed by atoms with Gasteiger partial charge in [0.2, 0.25) is 0 Å². The molecular formula is C9H14N4O. The van der Waals surface area contributed by atoms with E-state index in [1.54, 1.807) is 0 Å². The Kier molecular flexibility index (Phi) is 1.73. The minimum Gasteiger partial charge on any atom is -0.320 e. The first-order chi connectivity index (χ1) is 6.84. The highest BCUT2D eigenvalue weighted by molar-refractivity contribution is 5.31. The predicted molar refractivity (Wildman–Crippen MR) is 51.1 cm³/mol. The average Bonchev–Trinajstić information content (AvgIpc) is 2.77. The Morgan fingerprint density at radius 3 is 3.21 bits per heavy atom. The van der Waals surface area contributed by atoms with Crippen LogP contribution in [0.5, 0.6) is 0 Å². The SMILES string of the molecule is Cc1noc(N2CC[C@H]3CNC[C@H]32)n1. The van der Waals surface area contributed by atoms with E-state index in [1.807, 2.05) is 6.92 Å². The van der Waals surface area contributed by atoms with Gasteiger partial charge in [0.1, 0.15) is 0 Å². The summed E-state index contributed by atoms with van der Waals surface area (Å²) >= 11 is 0. The van der Waals surface area contributed by atoms with Crippen LogP contribution in [0.2, 0.25) is 0 Å². The van der Waals surface area contributed by atoms with Crippen LogP contribution >= 0.6 is 0 Å². The number of nitrogens with zero attached hydrogens (tertiary/aromatic N) is 3. The third kappa shape index (κ3) is 1.12. The van der Waals surface area contributed by atoms with Crippen LogP contribution in [0.4, 0.5) is 6.01 Å². The van der Waals surface area contributed by atoms with Crippen molar-refractivity contribution in [1.29, 1.82) is 0 Å². The van der Waals surface area contributed by atoms with E-state index < -0.39 is 0 Å². The van der Waals surface area contributed by atoms with E-state index >= 15 is 0 Å². The van der Waals surface area contributed by atoms with Crippen molar-refractivity contribution in [3.8, 4) is 0 Å². The molecule has 5 heteroatoms. The first kappa shape index (κ1) is 8.23. The van der Waals surface area contributed by atoms with Crippen LogP contribution in [-0.4, -0.2) is 35.8 Å². The molecule has 1 aromatic heterocycles. The van der Waals surface area contributed by atoms with Crippen molar-refractivity contribution in [2.45, 2.75) is 19.4 Å². The van der Waals surface area contributed by atoms with E-state index in [-0.39, 0.29) is 0 Å². The Balaban J connectivity index is 1.85. The molecule has 0 unspecified atom stereocenters. The van der Waals surface area contributed by atoms with Gasteiger partial charge in [-0.1, -0.05) is 5.16 Å². The second kappa shape index (κ2) is 2.95. The van der Waals surface area contributed by atoms with Crippen molar-refractivity contribution >= 4 is 6.01 Å². The predicted octanol–water partition coefficient (Wildman–Crippen LogP) is 0.176. The number of aromatic nitrogens is 2. The summed E-state index contributed by atoms with van der Waals surface area (Å²) in [6.45, 7) is 5.09. The summed E-state index contributed by atoms with van der Waals surface area (Å²) in [6, 6.07) is 1.26. The van der Waals surface area contributed by atoms with E-state index in [2.05, 4.69) is 20.4 Å². The molecule has 0 spiro atoms. The van der Waals surface area contributed by atoms with Crippen molar-refractivity contribution in [2.75, 3.05) is 24.5 Å². The van der Waals surface area contributed by atoms with Crippen molar-refractivity contribution in [3.63, 3.8) is 0 Å². The lowest BCUT2D eigenvalue weighted by Crippen LogP contribution is -2.34. The first-order valence-electron chi connectivity index (χ1n) is 5.12.